The summed E-state index contributed by atoms with van der Waals surface area (Å²) in [6.45, 7) is 0. The molecule has 10 heteroatoms. The average molecular weight is 555 g/mol. The van der Waals surface area contributed by atoms with E-state index in [0.29, 0.717) is 36.9 Å². The van der Waals surface area contributed by atoms with Crippen molar-refractivity contribution in [3.05, 3.63) is 92.1 Å². The second-order valence-corrected chi connectivity index (χ2v) is 10.4. The quantitative estimate of drug-likeness (QED) is 0.102. The van der Waals surface area contributed by atoms with Gasteiger partial charge in [0.2, 0.25) is 0 Å². The van der Waals surface area contributed by atoms with Gasteiger partial charge in [0.05, 0.1) is 23.4 Å². The van der Waals surface area contributed by atoms with Crippen molar-refractivity contribution in [2.24, 2.45) is 5.10 Å². The highest BCUT2D eigenvalue weighted by Gasteiger charge is 2.20. The molecule has 36 heavy (non-hydrogen) atoms. The minimum absolute atomic E-state index is 0.313. The molecule has 1 amide bonds. The van der Waals surface area contributed by atoms with Gasteiger partial charge in [-0.25, -0.2) is 10.2 Å². The predicted octanol–water partition coefficient (Wildman–Crippen LogP) is 7.41. The monoisotopic (exact) mass is 554 g/mol. The highest BCUT2D eigenvalue weighted by molar-refractivity contribution is 7.22. The number of carbonyl (C=O) groups excluding carboxylic acids is 2. The van der Waals surface area contributed by atoms with E-state index in [2.05, 4.69) is 10.5 Å². The maximum absolute atomic E-state index is 12.7. The molecule has 2 aromatic heterocycles. The number of hydrazone groups is 1. The summed E-state index contributed by atoms with van der Waals surface area (Å²) >= 11 is 15.3. The third-order valence-electron chi connectivity index (χ3n) is 5.23. The first-order valence-electron chi connectivity index (χ1n) is 10.5. The summed E-state index contributed by atoms with van der Waals surface area (Å²) in [5, 5.41) is 6.36. The van der Waals surface area contributed by atoms with Gasteiger partial charge >= 0.3 is 5.97 Å². The number of hydrogen-bond donors (Lipinski definition) is 1. The third kappa shape index (κ3) is 4.81. The van der Waals surface area contributed by atoms with Crippen LogP contribution in [-0.4, -0.2) is 25.2 Å². The van der Waals surface area contributed by atoms with Crippen LogP contribution in [0.2, 0.25) is 10.0 Å². The Hall–Kier alpha value is -3.43. The van der Waals surface area contributed by atoms with Crippen molar-refractivity contribution in [3.8, 4) is 11.5 Å². The number of ether oxygens (including phenoxy) is 2. The van der Waals surface area contributed by atoms with Crippen LogP contribution in [-0.2, 0) is 0 Å². The Morgan fingerprint density at radius 3 is 2.28 bits per heavy atom. The van der Waals surface area contributed by atoms with Gasteiger partial charge in [0, 0.05) is 20.2 Å². The van der Waals surface area contributed by atoms with Crippen LogP contribution in [0.1, 0.15) is 24.9 Å². The SMILES string of the molecule is COc1ccc2c(Cl)c(C(=O)Oc3ccc(/C=N/NC(=O)c4sc5ccccc5c4Cl)cc3)sc2c1. The molecule has 180 valence electrons. The van der Waals surface area contributed by atoms with Gasteiger partial charge in [-0.3, -0.25) is 4.79 Å². The van der Waals surface area contributed by atoms with E-state index in [1.165, 1.54) is 28.9 Å². The minimum Gasteiger partial charge on any atom is -0.497 e. The highest BCUT2D eigenvalue weighted by Crippen LogP contribution is 2.38. The van der Waals surface area contributed by atoms with Gasteiger partial charge < -0.3 is 9.47 Å². The molecule has 0 aliphatic rings. The Labute approximate surface area is 223 Å². The predicted molar refractivity (Wildman–Crippen MR) is 147 cm³/mol. The Kier molecular flexibility index (Phi) is 6.93. The van der Waals surface area contributed by atoms with Crippen molar-refractivity contribution >= 4 is 84.1 Å². The highest BCUT2D eigenvalue weighted by atomic mass is 35.5. The van der Waals surface area contributed by atoms with Crippen LogP contribution >= 0.6 is 45.9 Å². The van der Waals surface area contributed by atoms with E-state index in [1.807, 2.05) is 36.4 Å². The van der Waals surface area contributed by atoms with Gasteiger partial charge in [-0.2, -0.15) is 5.10 Å². The lowest BCUT2D eigenvalue weighted by atomic mass is 10.2. The van der Waals surface area contributed by atoms with E-state index in [-0.39, 0.29) is 5.91 Å². The summed E-state index contributed by atoms with van der Waals surface area (Å²) in [6.07, 6.45) is 1.49. The first-order chi connectivity index (χ1) is 17.4. The maximum atomic E-state index is 12.7. The molecule has 0 aliphatic heterocycles. The summed E-state index contributed by atoms with van der Waals surface area (Å²) in [7, 11) is 1.58. The summed E-state index contributed by atoms with van der Waals surface area (Å²) in [5.41, 5.74) is 3.19. The molecule has 0 unspecified atom stereocenters. The van der Waals surface area contributed by atoms with E-state index in [0.717, 1.165) is 20.2 Å². The summed E-state index contributed by atoms with van der Waals surface area (Å²) < 4.78 is 12.5. The van der Waals surface area contributed by atoms with Crippen LogP contribution in [0.25, 0.3) is 20.2 Å². The van der Waals surface area contributed by atoms with E-state index >= 15 is 0 Å². The van der Waals surface area contributed by atoms with Crippen LogP contribution in [0.4, 0.5) is 0 Å². The summed E-state index contributed by atoms with van der Waals surface area (Å²) in [5.74, 6) is 0.0972. The Bertz CT molecular complexity index is 1640. The minimum atomic E-state index is -0.547. The van der Waals surface area contributed by atoms with Gasteiger partial charge in [0.15, 0.2) is 0 Å². The van der Waals surface area contributed by atoms with Crippen LogP contribution in [0.3, 0.4) is 0 Å². The molecule has 0 spiro atoms. The lowest BCUT2D eigenvalue weighted by Crippen LogP contribution is -2.16. The van der Waals surface area contributed by atoms with Gasteiger partial charge in [-0.1, -0.05) is 41.4 Å². The number of nitrogens with zero attached hydrogens (tertiary/aromatic N) is 1. The number of benzene rings is 3. The second-order valence-electron chi connectivity index (χ2n) is 7.51. The topological polar surface area (TPSA) is 77.0 Å². The maximum Gasteiger partial charge on any atom is 0.355 e. The van der Waals surface area contributed by atoms with Crippen molar-refractivity contribution < 1.29 is 19.1 Å². The molecule has 5 rings (SSSR count). The van der Waals surface area contributed by atoms with Gasteiger partial charge in [0.1, 0.15) is 21.3 Å². The smallest absolute Gasteiger partial charge is 0.355 e. The van der Waals surface area contributed by atoms with Crippen molar-refractivity contribution in [2.75, 3.05) is 7.11 Å². The molecule has 1 N–H and O–H groups in total. The Morgan fingerprint density at radius 2 is 1.53 bits per heavy atom. The molecule has 6 nitrogen and oxygen atoms in total. The fourth-order valence-electron chi connectivity index (χ4n) is 3.46. The third-order valence-corrected chi connectivity index (χ3v) is 8.54. The molecule has 0 radical (unpaired) electrons. The molecule has 5 aromatic rings. The number of hydrogen-bond acceptors (Lipinski definition) is 7. The van der Waals surface area contributed by atoms with E-state index < -0.39 is 5.97 Å². The molecular formula is C26H16Cl2N2O4S2. The van der Waals surface area contributed by atoms with Gasteiger partial charge in [0.25, 0.3) is 5.91 Å². The van der Waals surface area contributed by atoms with Gasteiger partial charge in [-0.05, 0) is 54.1 Å². The molecule has 0 aliphatic carbocycles. The fourth-order valence-corrected chi connectivity index (χ4v) is 6.28. The van der Waals surface area contributed by atoms with Crippen molar-refractivity contribution in [3.63, 3.8) is 0 Å². The van der Waals surface area contributed by atoms with Gasteiger partial charge in [-0.15, -0.1) is 22.7 Å². The van der Waals surface area contributed by atoms with Crippen molar-refractivity contribution in [2.45, 2.75) is 0 Å². The number of thiophene rings is 2. The standard InChI is InChI=1S/C26H16Cl2N2O4S2/c1-33-16-10-11-18-20(12-16)36-24(22(18)28)26(32)34-15-8-6-14(7-9-15)13-29-30-25(31)23-21(27)17-4-2-3-5-19(17)35-23/h2-13H,1H3,(H,30,31)/b29-13+. The molecule has 3 aromatic carbocycles. The molecule has 0 saturated carbocycles. The Morgan fingerprint density at radius 1 is 0.861 bits per heavy atom. The molecule has 2 heterocycles. The Balaban J connectivity index is 1.23. The molecule has 0 atom stereocenters. The lowest BCUT2D eigenvalue weighted by molar-refractivity contribution is 0.0739. The summed E-state index contributed by atoms with van der Waals surface area (Å²) in [4.78, 5) is 25.9. The lowest BCUT2D eigenvalue weighted by Gasteiger charge is -2.03. The molecular weight excluding hydrogens is 539 g/mol. The van der Waals surface area contributed by atoms with E-state index in [1.54, 1.807) is 37.4 Å². The zero-order chi connectivity index (χ0) is 25.2. The number of rotatable bonds is 6. The summed E-state index contributed by atoms with van der Waals surface area (Å²) in [6, 6.07) is 19.7. The second kappa shape index (κ2) is 10.3. The molecule has 0 saturated heterocycles. The van der Waals surface area contributed by atoms with Crippen LogP contribution in [0, 0.1) is 0 Å². The number of amides is 1. The fraction of sp³-hybridized carbons (Fsp3) is 0.0385. The van der Waals surface area contributed by atoms with Crippen LogP contribution in [0.5, 0.6) is 11.5 Å². The van der Waals surface area contributed by atoms with Crippen LogP contribution in [0.15, 0.2) is 71.8 Å². The number of carbonyl (C=O) groups is 2. The molecule has 0 bridgehead atoms. The largest absolute Gasteiger partial charge is 0.497 e. The zero-order valence-corrected chi connectivity index (χ0v) is 21.7. The first-order valence-corrected chi connectivity index (χ1v) is 12.9. The average Bonchev–Trinajstić information content (AvgIpc) is 3.41. The van der Waals surface area contributed by atoms with Crippen molar-refractivity contribution in [1.29, 1.82) is 0 Å². The number of fused-ring (bicyclic) bond motifs is 2. The number of nitrogens with one attached hydrogen (secondary N) is 1. The number of halogens is 2. The zero-order valence-electron chi connectivity index (χ0n) is 18.6. The van der Waals surface area contributed by atoms with E-state index in [4.69, 9.17) is 32.7 Å². The normalized spacial score (nSPS) is 11.3. The van der Waals surface area contributed by atoms with Crippen molar-refractivity contribution in [1.82, 2.24) is 5.43 Å². The molecule has 0 fully saturated rings. The number of methoxy groups -OCH3 is 1. The van der Waals surface area contributed by atoms with Crippen LogP contribution < -0.4 is 14.9 Å². The number of esters is 1. The van der Waals surface area contributed by atoms with E-state index in [9.17, 15) is 9.59 Å². The first kappa shape index (κ1) is 24.3.